The Balaban J connectivity index is 1.58. The highest BCUT2D eigenvalue weighted by molar-refractivity contribution is 8.00. The highest BCUT2D eigenvalue weighted by Crippen LogP contribution is 2.42. The van der Waals surface area contributed by atoms with Crippen LogP contribution in [0.3, 0.4) is 0 Å². The molecule has 1 aromatic carbocycles. The predicted octanol–water partition coefficient (Wildman–Crippen LogP) is 3.92. The molecule has 6 heteroatoms. The highest BCUT2D eigenvalue weighted by Gasteiger charge is 2.37. The number of carbonyl (C=O) groups excluding carboxylic acids is 2. The first-order chi connectivity index (χ1) is 15.0. The molecule has 2 aliphatic heterocycles. The summed E-state index contributed by atoms with van der Waals surface area (Å²) in [6.07, 6.45) is 7.30. The minimum atomic E-state index is -0.119. The van der Waals surface area contributed by atoms with Gasteiger partial charge < -0.3 is 4.90 Å². The number of carbonyl (C=O) groups is 2. The monoisotopic (exact) mass is 437 g/mol. The average Bonchev–Trinajstić information content (AvgIpc) is 3.44. The molecule has 3 heterocycles. The van der Waals surface area contributed by atoms with Gasteiger partial charge in [-0.25, -0.2) is 0 Å². The molecule has 164 valence electrons. The van der Waals surface area contributed by atoms with Crippen molar-refractivity contribution in [2.45, 2.75) is 44.4 Å². The van der Waals surface area contributed by atoms with Crippen LogP contribution in [0.25, 0.3) is 16.5 Å². The smallest absolute Gasteiger partial charge is 0.244 e. The topological polar surface area (TPSA) is 45.6 Å². The summed E-state index contributed by atoms with van der Waals surface area (Å²) < 4.78 is 1.91. The molecule has 0 spiro atoms. The van der Waals surface area contributed by atoms with Crippen LogP contribution < -0.4 is 0 Å². The Bertz CT molecular complexity index is 1060. The van der Waals surface area contributed by atoms with E-state index in [9.17, 15) is 9.59 Å². The van der Waals surface area contributed by atoms with Crippen LogP contribution in [0, 0.1) is 5.92 Å². The van der Waals surface area contributed by atoms with Crippen LogP contribution in [0.15, 0.2) is 30.5 Å². The summed E-state index contributed by atoms with van der Waals surface area (Å²) in [5.41, 5.74) is 4.71. The fourth-order valence-electron chi connectivity index (χ4n) is 5.59. The van der Waals surface area contributed by atoms with E-state index in [1.807, 2.05) is 23.3 Å². The fraction of sp³-hybridized carbons (Fsp3) is 0.520. The normalized spacial score (nSPS) is 25.4. The molecule has 5 rings (SSSR count). The van der Waals surface area contributed by atoms with Crippen molar-refractivity contribution in [1.82, 2.24) is 14.4 Å². The number of benzene rings is 1. The second-order valence-electron chi connectivity index (χ2n) is 8.96. The molecule has 3 atom stereocenters. The Morgan fingerprint density at radius 2 is 2.03 bits per heavy atom. The second-order valence-corrected chi connectivity index (χ2v) is 10.3. The molecule has 5 nitrogen and oxygen atoms in total. The molecule has 1 fully saturated rings. The zero-order chi connectivity index (χ0) is 21.7. The predicted molar refractivity (Wildman–Crippen MR) is 128 cm³/mol. The van der Waals surface area contributed by atoms with Crippen LogP contribution in [-0.4, -0.2) is 69.9 Å². The molecule has 0 bridgehead atoms. The maximum absolute atomic E-state index is 13.3. The quantitative estimate of drug-likeness (QED) is 0.727. The van der Waals surface area contributed by atoms with E-state index in [2.05, 4.69) is 42.4 Å². The zero-order valence-corrected chi connectivity index (χ0v) is 19.5. The lowest BCUT2D eigenvalue weighted by Gasteiger charge is -2.40. The number of nitrogens with zero attached hydrogens (tertiary/aromatic N) is 3. The standard InChI is InChI=1S/C25H31N3O2S/c1-4-27(5-2)24(29)17-12-19-18-8-6-9-20-23(18)16(13-21(19)26(3)14-17)15-28(20)25(30)22-10-7-11-31-22/h6,8-9,12,15,17,21-22H,4-5,7,10-11,13-14H2,1-3H3/t17-,21-,22?/m1/s1. The summed E-state index contributed by atoms with van der Waals surface area (Å²) >= 11 is 1.79. The van der Waals surface area contributed by atoms with Gasteiger partial charge >= 0.3 is 0 Å². The Morgan fingerprint density at radius 3 is 2.74 bits per heavy atom. The molecular formula is C25H31N3O2S. The van der Waals surface area contributed by atoms with Crippen molar-refractivity contribution in [1.29, 1.82) is 0 Å². The number of likely N-dealkylation sites (N-methyl/N-ethyl adjacent to an activating group) is 1. The molecule has 3 aliphatic rings. The van der Waals surface area contributed by atoms with Crippen LogP contribution >= 0.6 is 11.8 Å². The van der Waals surface area contributed by atoms with Crippen molar-refractivity contribution in [2.75, 3.05) is 32.4 Å². The number of fused-ring (bicyclic) bond motifs is 2. The fourth-order valence-corrected chi connectivity index (χ4v) is 6.80. The van der Waals surface area contributed by atoms with Crippen molar-refractivity contribution in [3.05, 3.63) is 41.6 Å². The first kappa shape index (κ1) is 20.8. The molecule has 1 aromatic heterocycles. The van der Waals surface area contributed by atoms with E-state index >= 15 is 0 Å². The van der Waals surface area contributed by atoms with Gasteiger partial charge in [-0.3, -0.25) is 19.1 Å². The van der Waals surface area contributed by atoms with Crippen molar-refractivity contribution in [3.63, 3.8) is 0 Å². The van der Waals surface area contributed by atoms with E-state index in [-0.39, 0.29) is 29.0 Å². The van der Waals surface area contributed by atoms with E-state index in [1.54, 1.807) is 11.8 Å². The molecule has 1 saturated heterocycles. The van der Waals surface area contributed by atoms with Gasteiger partial charge in [-0.1, -0.05) is 18.2 Å². The molecule has 31 heavy (non-hydrogen) atoms. The molecule has 1 aliphatic carbocycles. The number of aromatic nitrogens is 1. The molecule has 0 saturated carbocycles. The summed E-state index contributed by atoms with van der Waals surface area (Å²) in [4.78, 5) is 30.6. The van der Waals surface area contributed by atoms with E-state index < -0.39 is 0 Å². The number of hydrogen-bond acceptors (Lipinski definition) is 4. The third kappa shape index (κ3) is 3.35. The maximum atomic E-state index is 13.3. The number of amides is 1. The summed E-state index contributed by atoms with van der Waals surface area (Å²) in [7, 11) is 2.13. The molecule has 0 radical (unpaired) electrons. The number of hydrogen-bond donors (Lipinski definition) is 0. The third-order valence-electron chi connectivity index (χ3n) is 7.22. The molecule has 2 aromatic rings. The van der Waals surface area contributed by atoms with Crippen molar-refractivity contribution < 1.29 is 9.59 Å². The average molecular weight is 438 g/mol. The van der Waals surface area contributed by atoms with Gasteiger partial charge in [0.25, 0.3) is 0 Å². The van der Waals surface area contributed by atoms with E-state index in [0.717, 1.165) is 50.2 Å². The van der Waals surface area contributed by atoms with Crippen LogP contribution in [0.4, 0.5) is 0 Å². The van der Waals surface area contributed by atoms with Crippen LogP contribution in [0.5, 0.6) is 0 Å². The van der Waals surface area contributed by atoms with Crippen LogP contribution in [0.1, 0.15) is 42.6 Å². The van der Waals surface area contributed by atoms with Gasteiger partial charge in [-0.2, -0.15) is 0 Å². The lowest BCUT2D eigenvalue weighted by Crippen LogP contribution is -2.47. The first-order valence-corrected chi connectivity index (χ1v) is 12.6. The van der Waals surface area contributed by atoms with Crippen molar-refractivity contribution in [2.24, 2.45) is 5.92 Å². The molecule has 1 amide bonds. The van der Waals surface area contributed by atoms with Crippen molar-refractivity contribution in [3.8, 4) is 0 Å². The number of rotatable bonds is 4. The maximum Gasteiger partial charge on any atom is 0.244 e. The minimum Gasteiger partial charge on any atom is -0.343 e. The number of thioether (sulfide) groups is 1. The Kier molecular flexibility index (Phi) is 5.47. The van der Waals surface area contributed by atoms with E-state index in [0.29, 0.717) is 0 Å². The molecular weight excluding hydrogens is 406 g/mol. The second kappa shape index (κ2) is 8.14. The van der Waals surface area contributed by atoms with Crippen molar-refractivity contribution >= 4 is 40.1 Å². The molecule has 0 N–H and O–H groups in total. The minimum absolute atomic E-state index is 0.0769. The summed E-state index contributed by atoms with van der Waals surface area (Å²) in [6.45, 7) is 6.31. The first-order valence-electron chi connectivity index (χ1n) is 11.5. The molecule has 1 unspecified atom stereocenters. The van der Waals surface area contributed by atoms with E-state index in [1.165, 1.54) is 22.1 Å². The van der Waals surface area contributed by atoms with Gasteiger partial charge in [0.1, 0.15) is 0 Å². The summed E-state index contributed by atoms with van der Waals surface area (Å²) in [6, 6.07) is 6.56. The van der Waals surface area contributed by atoms with Crippen LogP contribution in [-0.2, 0) is 11.2 Å². The Morgan fingerprint density at radius 1 is 1.23 bits per heavy atom. The van der Waals surface area contributed by atoms with Gasteiger partial charge in [0, 0.05) is 37.3 Å². The summed E-state index contributed by atoms with van der Waals surface area (Å²) in [5, 5.41) is 1.28. The van der Waals surface area contributed by atoms with E-state index in [4.69, 9.17) is 0 Å². The van der Waals surface area contributed by atoms with Gasteiger partial charge in [0.05, 0.1) is 16.7 Å². The Labute approximate surface area is 188 Å². The van der Waals surface area contributed by atoms with Gasteiger partial charge in [-0.15, -0.1) is 11.8 Å². The lowest BCUT2D eigenvalue weighted by atomic mass is 9.79. The Hall–Kier alpha value is -2.05. The summed E-state index contributed by atoms with van der Waals surface area (Å²) in [5.74, 6) is 1.39. The third-order valence-corrected chi connectivity index (χ3v) is 8.59. The lowest BCUT2D eigenvalue weighted by molar-refractivity contribution is -0.134. The van der Waals surface area contributed by atoms with Crippen LogP contribution in [0.2, 0.25) is 0 Å². The van der Waals surface area contributed by atoms with Gasteiger partial charge in [0.2, 0.25) is 11.8 Å². The van der Waals surface area contributed by atoms with Gasteiger partial charge in [-0.05, 0) is 68.7 Å². The largest absolute Gasteiger partial charge is 0.343 e. The van der Waals surface area contributed by atoms with Gasteiger partial charge in [0.15, 0.2) is 0 Å². The SMILES string of the molecule is CCN(CC)C(=O)[C@@H]1C=C2c3cccc4c3c(cn4C(=O)C3CCCS3)C[C@H]2N(C)C1. The highest BCUT2D eigenvalue weighted by atomic mass is 32.2. The zero-order valence-electron chi connectivity index (χ0n) is 18.6.